The predicted molar refractivity (Wildman–Crippen MR) is 130 cm³/mol. The van der Waals surface area contributed by atoms with Crippen molar-refractivity contribution in [3.63, 3.8) is 0 Å². The number of rotatable bonds is 8. The Balaban J connectivity index is 1.56. The molecule has 3 nitrogen and oxygen atoms in total. The molecule has 34 heavy (non-hydrogen) atoms. The highest BCUT2D eigenvalue weighted by molar-refractivity contribution is 5.98. The number of hydrogen-bond acceptors (Lipinski definition) is 3. The van der Waals surface area contributed by atoms with Crippen LogP contribution in [0.25, 0.3) is 0 Å². The predicted octanol–water partition coefficient (Wildman–Crippen LogP) is 7.46. The summed E-state index contributed by atoms with van der Waals surface area (Å²) in [5.74, 6) is -1.38. The quantitative estimate of drug-likeness (QED) is 0.289. The molecule has 1 aliphatic heterocycles. The summed E-state index contributed by atoms with van der Waals surface area (Å²) in [5, 5.41) is 3.88. The summed E-state index contributed by atoms with van der Waals surface area (Å²) < 4.78 is 107. The van der Waals surface area contributed by atoms with E-state index < -0.39 is 43.6 Å². The number of nitrogens with zero attached hydrogens (tertiary/aromatic N) is 2. The Labute approximate surface area is 212 Å². The number of hydrogen-bond donors (Lipinski definition) is 0. The molecule has 184 valence electrons. The third-order valence-corrected chi connectivity index (χ3v) is 6.28. The average Bonchev–Trinajstić information content (AvgIpc) is 2.93. The first-order valence-electron chi connectivity index (χ1n) is 15.7. The first kappa shape index (κ1) is 16.4. The first-order chi connectivity index (χ1) is 19.3. The van der Waals surface area contributed by atoms with Gasteiger partial charge in [-0.25, -0.2) is 0 Å². The lowest BCUT2D eigenvalue weighted by Crippen LogP contribution is -2.36. The number of likely N-dealkylation sites (tertiary alicyclic amines) is 1. The van der Waals surface area contributed by atoms with Crippen molar-refractivity contribution in [2.24, 2.45) is 5.16 Å². The molecule has 0 spiro atoms. The van der Waals surface area contributed by atoms with E-state index in [2.05, 4.69) is 5.16 Å². The van der Waals surface area contributed by atoms with E-state index in [4.69, 9.17) is 15.8 Å². The maximum absolute atomic E-state index is 14.1. The van der Waals surface area contributed by atoms with E-state index in [9.17, 15) is 13.2 Å². The summed E-state index contributed by atoms with van der Waals surface area (Å²) in [6.45, 7) is -3.56. The highest BCUT2D eigenvalue weighted by Gasteiger charge is 2.35. The Morgan fingerprint density at radius 3 is 2.62 bits per heavy atom. The van der Waals surface area contributed by atoms with Crippen LogP contribution in [0.1, 0.15) is 103 Å². The van der Waals surface area contributed by atoms with Crippen LogP contribution in [0.3, 0.4) is 0 Å². The van der Waals surface area contributed by atoms with Gasteiger partial charge in [-0.15, -0.1) is 0 Å². The fourth-order valence-electron chi connectivity index (χ4n) is 4.35. The molecule has 2 aliphatic rings. The molecule has 0 aromatic heterocycles. The van der Waals surface area contributed by atoms with Crippen LogP contribution in [0.5, 0.6) is 0 Å². The lowest BCUT2D eigenvalue weighted by atomic mass is 9.81. The van der Waals surface area contributed by atoms with E-state index in [-0.39, 0.29) is 23.4 Å². The number of aryl methyl sites for hydroxylation is 1. The molecule has 0 unspecified atom stereocenters. The van der Waals surface area contributed by atoms with Gasteiger partial charge in [-0.05, 0) is 91.4 Å². The van der Waals surface area contributed by atoms with Gasteiger partial charge in [0.25, 0.3) is 0 Å². The second-order valence-corrected chi connectivity index (χ2v) is 8.62. The van der Waals surface area contributed by atoms with E-state index in [0.29, 0.717) is 49.3 Å². The van der Waals surface area contributed by atoms with Gasteiger partial charge in [0.2, 0.25) is 0 Å². The minimum Gasteiger partial charge on any atom is -0.391 e. The van der Waals surface area contributed by atoms with E-state index >= 15 is 0 Å². The molecule has 2 fully saturated rings. The number of halogens is 3. The van der Waals surface area contributed by atoms with Crippen molar-refractivity contribution < 1.29 is 29.0 Å². The van der Waals surface area contributed by atoms with E-state index in [1.807, 2.05) is 6.92 Å². The van der Waals surface area contributed by atoms with E-state index in [1.165, 1.54) is 12.1 Å². The van der Waals surface area contributed by atoms with Crippen molar-refractivity contribution in [1.82, 2.24) is 4.90 Å². The van der Waals surface area contributed by atoms with Crippen molar-refractivity contribution in [3.8, 4) is 0 Å². The van der Waals surface area contributed by atoms with Gasteiger partial charge in [-0.1, -0.05) is 55.6 Å². The zero-order valence-electron chi connectivity index (χ0n) is 27.4. The lowest BCUT2D eigenvalue weighted by Gasteiger charge is -2.31. The fourth-order valence-corrected chi connectivity index (χ4v) is 4.35. The monoisotopic (exact) mass is 480 g/mol. The lowest BCUT2D eigenvalue weighted by molar-refractivity contribution is -0.138. The molecule has 6 heteroatoms. The standard InChI is InChI=1S/C28H35F3N2O/c1-3-22-17-24(11-12-25(22)18-33-14-7-15-33)20(2)32-34-19-21-10-13-26(23-8-5-4-6-9-23)27(16-21)28(29,30)31/h10-13,16-17,23H,3-9,14-15,18-19H2,1-2H3/b32-20+/i7D,14D2,15D2,19D2,23D. The fraction of sp³-hybridized carbons (Fsp3) is 0.536. The van der Waals surface area contributed by atoms with Crippen LogP contribution >= 0.6 is 0 Å². The molecule has 1 aliphatic carbocycles. The van der Waals surface area contributed by atoms with Gasteiger partial charge in [-0.3, -0.25) is 4.90 Å². The number of oxime groups is 1. The molecular formula is C28H35F3N2O. The summed E-state index contributed by atoms with van der Waals surface area (Å²) in [7, 11) is 0. The molecule has 0 atom stereocenters. The highest BCUT2D eigenvalue weighted by atomic mass is 19.4. The average molecular weight is 481 g/mol. The number of alkyl halides is 3. The maximum Gasteiger partial charge on any atom is 0.416 e. The zero-order chi connectivity index (χ0) is 31.3. The molecule has 4 rings (SSSR count). The van der Waals surface area contributed by atoms with Gasteiger partial charge < -0.3 is 4.84 Å². The van der Waals surface area contributed by atoms with Gasteiger partial charge in [0, 0.05) is 14.8 Å². The SMILES string of the molecule is [2H]C1C([2H])([2H])N(Cc2ccc(/C(C)=N/OC([2H])([2H])c3ccc(C4([2H])CCCCC4)c(C(F)(F)F)c3)cc2CC)C1([2H])[2H]. The van der Waals surface area contributed by atoms with E-state index in [0.717, 1.165) is 16.9 Å². The molecule has 0 amide bonds. The normalized spacial score (nSPS) is 26.4. The summed E-state index contributed by atoms with van der Waals surface area (Å²) in [6.07, 6.45) is -2.97. The van der Waals surface area contributed by atoms with Crippen molar-refractivity contribution in [2.45, 2.75) is 83.9 Å². The van der Waals surface area contributed by atoms with Crippen LogP contribution in [-0.4, -0.2) is 23.6 Å². The van der Waals surface area contributed by atoms with Gasteiger partial charge in [0.05, 0.1) is 14.0 Å². The second-order valence-electron chi connectivity index (χ2n) is 8.62. The molecule has 1 saturated heterocycles. The van der Waals surface area contributed by atoms with Crippen molar-refractivity contribution in [3.05, 3.63) is 69.8 Å². The Bertz CT molecular complexity index is 1330. The molecule has 0 bridgehead atoms. The van der Waals surface area contributed by atoms with Crippen LogP contribution in [0.15, 0.2) is 41.6 Å². The summed E-state index contributed by atoms with van der Waals surface area (Å²) in [5.41, 5.74) is 0.655. The highest BCUT2D eigenvalue weighted by Crippen LogP contribution is 2.41. The maximum atomic E-state index is 14.1. The van der Waals surface area contributed by atoms with Crippen molar-refractivity contribution >= 4 is 5.71 Å². The second kappa shape index (κ2) is 10.9. The Morgan fingerprint density at radius 1 is 1.15 bits per heavy atom. The molecule has 2 aromatic carbocycles. The zero-order valence-corrected chi connectivity index (χ0v) is 19.4. The topological polar surface area (TPSA) is 24.8 Å². The van der Waals surface area contributed by atoms with E-state index in [1.54, 1.807) is 25.1 Å². The summed E-state index contributed by atoms with van der Waals surface area (Å²) >= 11 is 0. The summed E-state index contributed by atoms with van der Waals surface area (Å²) in [6, 6.07) is 8.19. The first-order valence-corrected chi connectivity index (χ1v) is 11.6. The van der Waals surface area contributed by atoms with Crippen molar-refractivity contribution in [2.75, 3.05) is 13.0 Å². The molecule has 2 aromatic rings. The molecule has 1 heterocycles. The van der Waals surface area contributed by atoms with Gasteiger partial charge in [0.15, 0.2) is 0 Å². The third-order valence-electron chi connectivity index (χ3n) is 6.28. The van der Waals surface area contributed by atoms with Crippen LogP contribution < -0.4 is 0 Å². The molecule has 0 radical (unpaired) electrons. The van der Waals surface area contributed by atoms with Gasteiger partial charge in [0.1, 0.15) is 6.56 Å². The van der Waals surface area contributed by atoms with Crippen LogP contribution in [0.2, 0.25) is 0 Å². The van der Waals surface area contributed by atoms with Crippen molar-refractivity contribution in [1.29, 1.82) is 0 Å². The molecule has 1 saturated carbocycles. The van der Waals surface area contributed by atoms with Crippen LogP contribution in [0, 0.1) is 0 Å². The van der Waals surface area contributed by atoms with Crippen LogP contribution in [0.4, 0.5) is 13.2 Å². The Kier molecular flexibility index (Phi) is 5.26. The third kappa shape index (κ3) is 6.01. The molecular weight excluding hydrogens is 437 g/mol. The largest absolute Gasteiger partial charge is 0.416 e. The summed E-state index contributed by atoms with van der Waals surface area (Å²) in [4.78, 5) is 6.15. The Hall–Kier alpha value is -2.34. The van der Waals surface area contributed by atoms with Gasteiger partial charge in [-0.2, -0.15) is 13.2 Å². The minimum atomic E-state index is -4.78. The Morgan fingerprint density at radius 2 is 1.91 bits per heavy atom. The number of benzene rings is 2. The minimum absolute atomic E-state index is 0.0504. The van der Waals surface area contributed by atoms with Gasteiger partial charge >= 0.3 is 6.18 Å². The van der Waals surface area contributed by atoms with Crippen LogP contribution in [-0.2, 0) is 30.5 Å². The smallest absolute Gasteiger partial charge is 0.391 e. The molecule has 0 N–H and O–H groups in total.